The fourth-order valence-corrected chi connectivity index (χ4v) is 5.51. The minimum Gasteiger partial charge on any atom is -0.346 e. The second kappa shape index (κ2) is 9.06. The molecule has 1 fully saturated rings. The summed E-state index contributed by atoms with van der Waals surface area (Å²) >= 11 is 1.57. The predicted molar refractivity (Wildman–Crippen MR) is 127 cm³/mol. The fourth-order valence-electron chi connectivity index (χ4n) is 4.62. The Morgan fingerprint density at radius 1 is 1.06 bits per heavy atom. The van der Waals surface area contributed by atoms with Gasteiger partial charge in [0.15, 0.2) is 0 Å². The van der Waals surface area contributed by atoms with E-state index in [2.05, 4.69) is 63.4 Å². The molecule has 158 valence electrons. The number of nitrogens with zero attached hydrogens (tertiary/aromatic N) is 2. The number of likely N-dealkylation sites (tertiary alicyclic amines) is 1. The molecular formula is C26H27N3OS. The molecular weight excluding hydrogens is 402 g/mol. The number of aromatic nitrogens is 2. The lowest BCUT2D eigenvalue weighted by Crippen LogP contribution is -2.38. The van der Waals surface area contributed by atoms with Crippen LogP contribution in [-0.2, 0) is 12.8 Å². The third kappa shape index (κ3) is 4.42. The van der Waals surface area contributed by atoms with E-state index < -0.39 is 0 Å². The van der Waals surface area contributed by atoms with Crippen LogP contribution in [0.3, 0.4) is 0 Å². The quantitative estimate of drug-likeness (QED) is 0.427. The van der Waals surface area contributed by atoms with Crippen LogP contribution in [0.4, 0.5) is 0 Å². The van der Waals surface area contributed by atoms with E-state index in [1.807, 2.05) is 17.8 Å². The lowest BCUT2D eigenvalue weighted by molar-refractivity contribution is 0.0691. The summed E-state index contributed by atoms with van der Waals surface area (Å²) in [6, 6.07) is 16.9. The molecule has 3 aromatic heterocycles. The molecule has 1 N–H and O–H groups in total. The van der Waals surface area contributed by atoms with Crippen molar-refractivity contribution in [3.8, 4) is 0 Å². The van der Waals surface area contributed by atoms with Crippen LogP contribution in [0.15, 0.2) is 66.3 Å². The number of thiophene rings is 1. The highest BCUT2D eigenvalue weighted by Gasteiger charge is 2.26. The van der Waals surface area contributed by atoms with Crippen LogP contribution in [0.25, 0.3) is 11.0 Å². The number of H-pyrrole nitrogens is 1. The number of pyridine rings is 1. The average Bonchev–Trinajstić information content (AvgIpc) is 3.48. The molecule has 4 nitrogen and oxygen atoms in total. The Bertz CT molecular complexity index is 1160. The molecule has 31 heavy (non-hydrogen) atoms. The van der Waals surface area contributed by atoms with E-state index in [1.165, 1.54) is 17.5 Å². The van der Waals surface area contributed by atoms with Gasteiger partial charge in [0, 0.05) is 30.9 Å². The van der Waals surface area contributed by atoms with Gasteiger partial charge in [-0.1, -0.05) is 30.3 Å². The summed E-state index contributed by atoms with van der Waals surface area (Å²) in [4.78, 5) is 23.8. The SMILES string of the molecule is O=C(c1sccc1Cc1ccnc2[nH]ccc12)N1CCC(CCc2ccccc2)CC1. The first-order chi connectivity index (χ1) is 15.3. The second-order valence-corrected chi connectivity index (χ2v) is 9.34. The molecule has 1 aliphatic heterocycles. The Labute approximate surface area is 186 Å². The monoisotopic (exact) mass is 429 g/mol. The Balaban J connectivity index is 1.21. The molecule has 1 aromatic carbocycles. The van der Waals surface area contributed by atoms with Gasteiger partial charge in [0.1, 0.15) is 5.65 Å². The van der Waals surface area contributed by atoms with Crippen LogP contribution >= 0.6 is 11.3 Å². The standard InChI is InChI=1S/C26H27N3OS/c30-26(29-15-10-20(11-16-29)7-6-19-4-2-1-3-5-19)24-22(12-17-31-24)18-21-8-13-27-25-23(21)9-14-28-25/h1-5,8-9,12-14,17,20H,6-7,10-11,15-16,18H2,(H,27,28). The minimum absolute atomic E-state index is 0.200. The number of piperidine rings is 1. The van der Waals surface area contributed by atoms with Gasteiger partial charge in [-0.25, -0.2) is 4.98 Å². The Kier molecular flexibility index (Phi) is 5.85. The zero-order chi connectivity index (χ0) is 21.0. The lowest BCUT2D eigenvalue weighted by atomic mass is 9.90. The highest BCUT2D eigenvalue weighted by atomic mass is 32.1. The molecule has 1 amide bonds. The summed E-state index contributed by atoms with van der Waals surface area (Å²) in [5.74, 6) is 0.914. The summed E-state index contributed by atoms with van der Waals surface area (Å²) in [6.45, 7) is 1.74. The number of fused-ring (bicyclic) bond motifs is 1. The molecule has 4 heterocycles. The van der Waals surface area contributed by atoms with Crippen molar-refractivity contribution in [2.45, 2.75) is 32.1 Å². The molecule has 1 saturated heterocycles. The van der Waals surface area contributed by atoms with Gasteiger partial charge in [-0.15, -0.1) is 11.3 Å². The Morgan fingerprint density at radius 2 is 1.90 bits per heavy atom. The molecule has 5 rings (SSSR count). The van der Waals surface area contributed by atoms with E-state index in [0.29, 0.717) is 5.92 Å². The Morgan fingerprint density at radius 3 is 2.74 bits per heavy atom. The van der Waals surface area contributed by atoms with E-state index >= 15 is 0 Å². The number of amides is 1. The molecule has 0 radical (unpaired) electrons. The van der Waals surface area contributed by atoms with Crippen LogP contribution < -0.4 is 0 Å². The van der Waals surface area contributed by atoms with Crippen LogP contribution in [0, 0.1) is 5.92 Å². The minimum atomic E-state index is 0.200. The fraction of sp³-hybridized carbons (Fsp3) is 0.308. The number of benzene rings is 1. The van der Waals surface area contributed by atoms with Gasteiger partial charge in [0.2, 0.25) is 0 Å². The van der Waals surface area contributed by atoms with Gasteiger partial charge in [0.25, 0.3) is 5.91 Å². The summed E-state index contributed by atoms with van der Waals surface area (Å²) < 4.78 is 0. The van der Waals surface area contributed by atoms with Crippen molar-refractivity contribution in [1.29, 1.82) is 0 Å². The first-order valence-corrected chi connectivity index (χ1v) is 12.0. The van der Waals surface area contributed by atoms with Crippen LogP contribution in [0.2, 0.25) is 0 Å². The van der Waals surface area contributed by atoms with Crippen LogP contribution in [0.5, 0.6) is 0 Å². The lowest BCUT2D eigenvalue weighted by Gasteiger charge is -2.32. The number of aromatic amines is 1. The summed E-state index contributed by atoms with van der Waals surface area (Å²) in [5.41, 5.74) is 4.64. The van der Waals surface area contributed by atoms with Crippen molar-refractivity contribution >= 4 is 28.3 Å². The van der Waals surface area contributed by atoms with E-state index in [4.69, 9.17) is 0 Å². The van der Waals surface area contributed by atoms with Crippen molar-refractivity contribution in [3.63, 3.8) is 0 Å². The molecule has 0 unspecified atom stereocenters. The predicted octanol–water partition coefficient (Wildman–Crippen LogP) is 5.70. The second-order valence-electron chi connectivity index (χ2n) is 8.42. The zero-order valence-corrected chi connectivity index (χ0v) is 18.4. The number of carbonyl (C=O) groups is 1. The van der Waals surface area contributed by atoms with Crippen molar-refractivity contribution in [2.24, 2.45) is 5.92 Å². The summed E-state index contributed by atoms with van der Waals surface area (Å²) in [7, 11) is 0. The van der Waals surface area contributed by atoms with E-state index in [0.717, 1.165) is 60.2 Å². The molecule has 0 spiro atoms. The average molecular weight is 430 g/mol. The maximum absolute atomic E-state index is 13.3. The van der Waals surface area contributed by atoms with Gasteiger partial charge in [-0.3, -0.25) is 4.79 Å². The number of hydrogen-bond acceptors (Lipinski definition) is 3. The molecule has 1 aliphatic rings. The van der Waals surface area contributed by atoms with Gasteiger partial charge >= 0.3 is 0 Å². The maximum atomic E-state index is 13.3. The zero-order valence-electron chi connectivity index (χ0n) is 17.6. The Hall–Kier alpha value is -2.92. The summed E-state index contributed by atoms with van der Waals surface area (Å²) in [5, 5.41) is 3.18. The molecule has 0 atom stereocenters. The topological polar surface area (TPSA) is 49.0 Å². The first-order valence-electron chi connectivity index (χ1n) is 11.1. The number of aryl methyl sites for hydroxylation is 1. The van der Waals surface area contributed by atoms with E-state index in [-0.39, 0.29) is 5.91 Å². The maximum Gasteiger partial charge on any atom is 0.264 e. The first kappa shape index (κ1) is 20.0. The smallest absolute Gasteiger partial charge is 0.264 e. The number of carbonyl (C=O) groups excluding carboxylic acids is 1. The molecule has 0 bridgehead atoms. The van der Waals surface area contributed by atoms with Crippen molar-refractivity contribution in [1.82, 2.24) is 14.9 Å². The third-order valence-corrected chi connectivity index (χ3v) is 7.40. The molecule has 4 aromatic rings. The van der Waals surface area contributed by atoms with Gasteiger partial charge in [-0.2, -0.15) is 0 Å². The third-order valence-electron chi connectivity index (χ3n) is 6.46. The normalized spacial score (nSPS) is 14.9. The molecule has 0 saturated carbocycles. The van der Waals surface area contributed by atoms with Crippen molar-refractivity contribution in [3.05, 3.63) is 87.9 Å². The van der Waals surface area contributed by atoms with Gasteiger partial charge < -0.3 is 9.88 Å². The number of nitrogens with one attached hydrogen (secondary N) is 1. The number of hydrogen-bond donors (Lipinski definition) is 1. The van der Waals surface area contributed by atoms with Crippen molar-refractivity contribution in [2.75, 3.05) is 13.1 Å². The highest BCUT2D eigenvalue weighted by molar-refractivity contribution is 7.12. The highest BCUT2D eigenvalue weighted by Crippen LogP contribution is 2.28. The van der Waals surface area contributed by atoms with Crippen molar-refractivity contribution < 1.29 is 4.79 Å². The van der Waals surface area contributed by atoms with E-state index in [1.54, 1.807) is 11.3 Å². The largest absolute Gasteiger partial charge is 0.346 e. The van der Waals surface area contributed by atoms with E-state index in [9.17, 15) is 4.79 Å². The molecule has 5 heteroatoms. The van der Waals surface area contributed by atoms with Crippen LogP contribution in [0.1, 0.15) is 45.6 Å². The summed E-state index contributed by atoms with van der Waals surface area (Å²) in [6.07, 6.45) is 9.07. The van der Waals surface area contributed by atoms with Crippen LogP contribution in [-0.4, -0.2) is 33.9 Å². The number of rotatable bonds is 6. The molecule has 0 aliphatic carbocycles. The van der Waals surface area contributed by atoms with Gasteiger partial charge in [0.05, 0.1) is 4.88 Å². The van der Waals surface area contributed by atoms with Gasteiger partial charge in [-0.05, 0) is 78.3 Å².